The van der Waals surface area contributed by atoms with Crippen molar-refractivity contribution in [2.45, 2.75) is 64.6 Å². The Kier molecular flexibility index (Phi) is 8.41. The van der Waals surface area contributed by atoms with E-state index in [0.29, 0.717) is 36.8 Å². The number of nitrogens with one attached hydrogen (secondary N) is 1. The summed E-state index contributed by atoms with van der Waals surface area (Å²) in [6.45, 7) is 6.33. The van der Waals surface area contributed by atoms with Gasteiger partial charge in [-0.05, 0) is 90.2 Å². The lowest BCUT2D eigenvalue weighted by atomic mass is 9.98. The number of piperidine rings is 1. The SMILES string of the molecule is CCCC1CCCCN1CCCNC(=O)c1ccc2c(c1)C(=O)N(Cc1ccc(I)cc1)C2. The van der Waals surface area contributed by atoms with Crippen molar-refractivity contribution in [3.8, 4) is 0 Å². The Bertz CT molecular complexity index is 974. The van der Waals surface area contributed by atoms with Crippen LogP contribution in [0.5, 0.6) is 0 Å². The summed E-state index contributed by atoms with van der Waals surface area (Å²) in [5.74, 6) is -0.0873. The molecule has 2 aliphatic rings. The summed E-state index contributed by atoms with van der Waals surface area (Å²) in [6.07, 6.45) is 7.41. The first-order valence-corrected chi connectivity index (χ1v) is 13.3. The lowest BCUT2D eigenvalue weighted by molar-refractivity contribution is 0.0766. The smallest absolute Gasteiger partial charge is 0.254 e. The maximum absolute atomic E-state index is 12.9. The van der Waals surface area contributed by atoms with Crippen molar-refractivity contribution in [2.75, 3.05) is 19.6 Å². The molecular formula is C27H34IN3O2. The molecule has 176 valence electrons. The van der Waals surface area contributed by atoms with Gasteiger partial charge in [-0.25, -0.2) is 0 Å². The maximum atomic E-state index is 12.9. The molecule has 0 bridgehead atoms. The lowest BCUT2D eigenvalue weighted by Crippen LogP contribution is -2.41. The third kappa shape index (κ3) is 6.15. The molecule has 33 heavy (non-hydrogen) atoms. The highest BCUT2D eigenvalue weighted by molar-refractivity contribution is 14.1. The van der Waals surface area contributed by atoms with Gasteiger partial charge in [-0.3, -0.25) is 9.59 Å². The van der Waals surface area contributed by atoms with Gasteiger partial charge in [-0.1, -0.05) is 38.0 Å². The van der Waals surface area contributed by atoms with Crippen LogP contribution in [0.1, 0.15) is 77.3 Å². The molecule has 1 N–H and O–H groups in total. The number of rotatable bonds is 9. The van der Waals surface area contributed by atoms with Gasteiger partial charge in [0.15, 0.2) is 0 Å². The summed E-state index contributed by atoms with van der Waals surface area (Å²) in [6, 6.07) is 14.5. The van der Waals surface area contributed by atoms with E-state index in [9.17, 15) is 9.59 Å². The summed E-state index contributed by atoms with van der Waals surface area (Å²) < 4.78 is 1.18. The first kappa shape index (κ1) is 24.2. The molecule has 1 unspecified atom stereocenters. The quantitative estimate of drug-likeness (QED) is 0.339. The Morgan fingerprint density at radius 2 is 1.97 bits per heavy atom. The molecule has 2 aliphatic heterocycles. The monoisotopic (exact) mass is 559 g/mol. The van der Waals surface area contributed by atoms with Crippen LogP contribution in [0.3, 0.4) is 0 Å². The molecule has 2 heterocycles. The van der Waals surface area contributed by atoms with Crippen LogP contribution in [-0.4, -0.2) is 47.3 Å². The van der Waals surface area contributed by atoms with E-state index in [4.69, 9.17) is 0 Å². The first-order valence-electron chi connectivity index (χ1n) is 12.2. The molecule has 0 saturated carbocycles. The lowest BCUT2D eigenvalue weighted by Gasteiger charge is -2.35. The van der Waals surface area contributed by atoms with E-state index in [1.807, 2.05) is 17.0 Å². The van der Waals surface area contributed by atoms with Gasteiger partial charge in [0.2, 0.25) is 0 Å². The average Bonchev–Trinajstić information content (AvgIpc) is 3.13. The Balaban J connectivity index is 1.28. The minimum Gasteiger partial charge on any atom is -0.352 e. The van der Waals surface area contributed by atoms with Crippen LogP contribution in [0.2, 0.25) is 0 Å². The van der Waals surface area contributed by atoms with E-state index in [0.717, 1.165) is 24.1 Å². The summed E-state index contributed by atoms with van der Waals surface area (Å²) in [4.78, 5) is 30.1. The molecule has 1 fully saturated rings. The Hall–Kier alpha value is -1.93. The van der Waals surface area contributed by atoms with Gasteiger partial charge in [0.05, 0.1) is 0 Å². The Labute approximate surface area is 211 Å². The Morgan fingerprint density at radius 1 is 1.15 bits per heavy atom. The number of halogens is 1. The number of hydrogen-bond donors (Lipinski definition) is 1. The van der Waals surface area contributed by atoms with Gasteiger partial charge < -0.3 is 15.1 Å². The van der Waals surface area contributed by atoms with Gasteiger partial charge in [0.1, 0.15) is 0 Å². The number of carbonyl (C=O) groups excluding carboxylic acids is 2. The highest BCUT2D eigenvalue weighted by atomic mass is 127. The van der Waals surface area contributed by atoms with Crippen molar-refractivity contribution in [2.24, 2.45) is 0 Å². The van der Waals surface area contributed by atoms with Crippen LogP contribution >= 0.6 is 22.6 Å². The van der Waals surface area contributed by atoms with Crippen molar-refractivity contribution in [3.05, 3.63) is 68.3 Å². The number of nitrogens with zero attached hydrogens (tertiary/aromatic N) is 2. The highest BCUT2D eigenvalue weighted by Crippen LogP contribution is 2.26. The summed E-state index contributed by atoms with van der Waals surface area (Å²) in [7, 11) is 0. The molecule has 0 aromatic heterocycles. The fraction of sp³-hybridized carbons (Fsp3) is 0.481. The molecule has 5 nitrogen and oxygen atoms in total. The maximum Gasteiger partial charge on any atom is 0.254 e. The molecular weight excluding hydrogens is 525 g/mol. The third-order valence-electron chi connectivity index (χ3n) is 6.82. The zero-order valence-electron chi connectivity index (χ0n) is 19.5. The number of carbonyl (C=O) groups is 2. The second-order valence-electron chi connectivity index (χ2n) is 9.24. The van der Waals surface area contributed by atoms with Crippen LogP contribution in [0.25, 0.3) is 0 Å². The Morgan fingerprint density at radius 3 is 2.76 bits per heavy atom. The van der Waals surface area contributed by atoms with E-state index >= 15 is 0 Å². The van der Waals surface area contributed by atoms with E-state index in [1.165, 1.54) is 42.2 Å². The number of amides is 2. The van der Waals surface area contributed by atoms with Crippen molar-refractivity contribution in [3.63, 3.8) is 0 Å². The fourth-order valence-corrected chi connectivity index (χ4v) is 5.40. The average molecular weight is 559 g/mol. The standard InChI is InChI=1S/C27H34IN3O2/c1-2-6-24-7-3-4-15-30(24)16-5-14-29-26(32)21-10-11-22-19-31(27(33)25(22)17-21)18-20-8-12-23(28)13-9-20/h8-13,17,24H,2-7,14-16,18-19H2,1H3,(H,29,32). The second-order valence-corrected chi connectivity index (χ2v) is 10.5. The molecule has 2 amide bonds. The molecule has 1 saturated heterocycles. The number of fused-ring (bicyclic) bond motifs is 1. The van der Waals surface area contributed by atoms with E-state index < -0.39 is 0 Å². The highest BCUT2D eigenvalue weighted by Gasteiger charge is 2.28. The van der Waals surface area contributed by atoms with Crippen molar-refractivity contribution >= 4 is 34.4 Å². The minimum absolute atomic E-state index is 0.00487. The van der Waals surface area contributed by atoms with Crippen molar-refractivity contribution < 1.29 is 9.59 Å². The minimum atomic E-state index is -0.0922. The van der Waals surface area contributed by atoms with Crippen molar-refractivity contribution in [1.82, 2.24) is 15.1 Å². The molecule has 0 radical (unpaired) electrons. The molecule has 2 aromatic rings. The molecule has 1 atom stereocenters. The second kappa shape index (κ2) is 11.5. The van der Waals surface area contributed by atoms with Crippen LogP contribution in [0.15, 0.2) is 42.5 Å². The topological polar surface area (TPSA) is 52.7 Å². The molecule has 2 aromatic carbocycles. The van der Waals surface area contributed by atoms with Crippen LogP contribution < -0.4 is 5.32 Å². The summed E-state index contributed by atoms with van der Waals surface area (Å²) in [5, 5.41) is 3.06. The third-order valence-corrected chi connectivity index (χ3v) is 7.54. The van der Waals surface area contributed by atoms with E-state index in [-0.39, 0.29) is 11.8 Å². The number of hydrogen-bond acceptors (Lipinski definition) is 3. The molecule has 0 spiro atoms. The largest absolute Gasteiger partial charge is 0.352 e. The van der Waals surface area contributed by atoms with Crippen LogP contribution in [0.4, 0.5) is 0 Å². The predicted octanol–water partition coefficient (Wildman–Crippen LogP) is 5.22. The first-order chi connectivity index (χ1) is 16.0. The normalized spacial score (nSPS) is 18.4. The predicted molar refractivity (Wildman–Crippen MR) is 140 cm³/mol. The van der Waals surface area contributed by atoms with E-state index in [2.05, 4.69) is 64.0 Å². The van der Waals surface area contributed by atoms with Crippen LogP contribution in [0, 0.1) is 3.57 Å². The van der Waals surface area contributed by atoms with Crippen LogP contribution in [-0.2, 0) is 13.1 Å². The van der Waals surface area contributed by atoms with Gasteiger partial charge in [0.25, 0.3) is 11.8 Å². The molecule has 4 rings (SSSR count). The number of likely N-dealkylation sites (tertiary alicyclic amines) is 1. The van der Waals surface area contributed by atoms with Gasteiger partial charge >= 0.3 is 0 Å². The summed E-state index contributed by atoms with van der Waals surface area (Å²) in [5.41, 5.74) is 3.34. The van der Waals surface area contributed by atoms with E-state index in [1.54, 1.807) is 6.07 Å². The van der Waals surface area contributed by atoms with Gasteiger partial charge in [-0.2, -0.15) is 0 Å². The fourth-order valence-electron chi connectivity index (χ4n) is 5.04. The van der Waals surface area contributed by atoms with Crippen molar-refractivity contribution in [1.29, 1.82) is 0 Å². The summed E-state index contributed by atoms with van der Waals surface area (Å²) >= 11 is 2.28. The zero-order chi connectivity index (χ0) is 23.2. The van der Waals surface area contributed by atoms with Gasteiger partial charge in [-0.15, -0.1) is 0 Å². The van der Waals surface area contributed by atoms with Gasteiger partial charge in [0, 0.05) is 46.9 Å². The molecule has 6 heteroatoms. The zero-order valence-corrected chi connectivity index (χ0v) is 21.6. The molecule has 0 aliphatic carbocycles. The number of benzene rings is 2.